The molecule has 2 N–H and O–H groups in total. The molecule has 1 aliphatic rings. The van der Waals surface area contributed by atoms with Crippen molar-refractivity contribution in [2.24, 2.45) is 0 Å². The van der Waals surface area contributed by atoms with Gasteiger partial charge in [-0.05, 0) is 12.5 Å². The number of hydrogen-bond acceptors (Lipinski definition) is 4. The molecule has 19 heavy (non-hydrogen) atoms. The molecule has 0 fully saturated rings. The van der Waals surface area contributed by atoms with E-state index in [1.165, 1.54) is 19.3 Å². The van der Waals surface area contributed by atoms with Gasteiger partial charge in [0.15, 0.2) is 11.5 Å². The molecule has 0 amide bonds. The number of ether oxygens (including phenoxy) is 3. The van der Waals surface area contributed by atoms with Crippen molar-refractivity contribution >= 4 is 5.69 Å². The van der Waals surface area contributed by atoms with Gasteiger partial charge in [-0.15, -0.1) is 0 Å². The van der Waals surface area contributed by atoms with Crippen LogP contribution in [0.4, 0.5) is 5.69 Å². The fraction of sp³-hybridized carbons (Fsp3) is 0.600. The molecule has 1 aromatic carbocycles. The summed E-state index contributed by atoms with van der Waals surface area (Å²) < 4.78 is 16.7. The Kier molecular flexibility index (Phi) is 5.33. The van der Waals surface area contributed by atoms with Crippen LogP contribution in [0.3, 0.4) is 0 Å². The van der Waals surface area contributed by atoms with Crippen molar-refractivity contribution in [3.05, 3.63) is 17.7 Å². The summed E-state index contributed by atoms with van der Waals surface area (Å²) in [6, 6.07) is 3.75. The SMILES string of the molecule is CCCCCCOCc1cc2c(cc1N)OCCO2. The minimum atomic E-state index is 0.536. The molecule has 0 aromatic heterocycles. The lowest BCUT2D eigenvalue weighted by atomic mass is 10.1. The first-order chi connectivity index (χ1) is 9.31. The molecule has 1 aliphatic heterocycles. The first-order valence-electron chi connectivity index (χ1n) is 7.07. The number of nitrogen functional groups attached to an aromatic ring is 1. The topological polar surface area (TPSA) is 53.7 Å². The summed E-state index contributed by atoms with van der Waals surface area (Å²) in [5.74, 6) is 1.50. The minimum Gasteiger partial charge on any atom is -0.486 e. The molecule has 0 atom stereocenters. The van der Waals surface area contributed by atoms with Crippen molar-refractivity contribution in [2.45, 2.75) is 39.2 Å². The zero-order valence-corrected chi connectivity index (χ0v) is 11.6. The number of nitrogens with two attached hydrogens (primary N) is 1. The van der Waals surface area contributed by atoms with Crippen LogP contribution in [0, 0.1) is 0 Å². The Balaban J connectivity index is 1.83. The van der Waals surface area contributed by atoms with Gasteiger partial charge in [0, 0.05) is 23.9 Å². The summed E-state index contributed by atoms with van der Waals surface area (Å²) in [6.45, 7) is 4.70. The molecule has 1 heterocycles. The second-order valence-electron chi connectivity index (χ2n) is 4.81. The van der Waals surface area contributed by atoms with Crippen molar-refractivity contribution in [1.29, 1.82) is 0 Å². The van der Waals surface area contributed by atoms with Crippen LogP contribution in [0.25, 0.3) is 0 Å². The van der Waals surface area contributed by atoms with Crippen molar-refractivity contribution in [1.82, 2.24) is 0 Å². The number of benzene rings is 1. The molecule has 0 bridgehead atoms. The van der Waals surface area contributed by atoms with Crippen molar-refractivity contribution in [3.8, 4) is 11.5 Å². The van der Waals surface area contributed by atoms with Crippen LogP contribution in [-0.4, -0.2) is 19.8 Å². The van der Waals surface area contributed by atoms with E-state index in [1.807, 2.05) is 12.1 Å². The van der Waals surface area contributed by atoms with E-state index in [1.54, 1.807) is 0 Å². The first-order valence-corrected chi connectivity index (χ1v) is 7.07. The molecule has 0 aliphatic carbocycles. The fourth-order valence-corrected chi connectivity index (χ4v) is 2.08. The van der Waals surface area contributed by atoms with Crippen molar-refractivity contribution < 1.29 is 14.2 Å². The number of unbranched alkanes of at least 4 members (excludes halogenated alkanes) is 3. The first kappa shape index (κ1) is 14.0. The molecule has 4 heteroatoms. The van der Waals surface area contributed by atoms with Gasteiger partial charge < -0.3 is 19.9 Å². The highest BCUT2D eigenvalue weighted by Gasteiger charge is 2.14. The molecule has 106 valence electrons. The van der Waals surface area contributed by atoms with E-state index < -0.39 is 0 Å². The number of rotatable bonds is 7. The standard InChI is InChI=1S/C15H23NO3/c1-2-3-4-5-6-17-11-12-9-14-15(10-13(12)16)19-8-7-18-14/h9-10H,2-8,11,16H2,1H3. The Morgan fingerprint density at radius 1 is 1.11 bits per heavy atom. The lowest BCUT2D eigenvalue weighted by Gasteiger charge is -2.20. The van der Waals surface area contributed by atoms with E-state index in [-0.39, 0.29) is 0 Å². The van der Waals surface area contributed by atoms with Gasteiger partial charge in [0.1, 0.15) is 13.2 Å². The summed E-state index contributed by atoms with van der Waals surface area (Å²) in [4.78, 5) is 0. The lowest BCUT2D eigenvalue weighted by molar-refractivity contribution is 0.116. The normalized spacial score (nSPS) is 13.5. The van der Waals surface area contributed by atoms with E-state index in [4.69, 9.17) is 19.9 Å². The van der Waals surface area contributed by atoms with E-state index in [2.05, 4.69) is 6.92 Å². The third-order valence-electron chi connectivity index (χ3n) is 3.20. The van der Waals surface area contributed by atoms with Gasteiger partial charge in [-0.3, -0.25) is 0 Å². The second-order valence-corrected chi connectivity index (χ2v) is 4.81. The molecule has 0 spiro atoms. The van der Waals surface area contributed by atoms with Gasteiger partial charge in [0.25, 0.3) is 0 Å². The van der Waals surface area contributed by atoms with Crippen LogP contribution in [-0.2, 0) is 11.3 Å². The molecule has 0 radical (unpaired) electrons. The van der Waals surface area contributed by atoms with Crippen molar-refractivity contribution in [2.75, 3.05) is 25.6 Å². The maximum Gasteiger partial charge on any atom is 0.163 e. The van der Waals surface area contributed by atoms with Gasteiger partial charge >= 0.3 is 0 Å². The number of anilines is 1. The van der Waals surface area contributed by atoms with Gasteiger partial charge in [-0.1, -0.05) is 26.2 Å². The van der Waals surface area contributed by atoms with Crippen LogP contribution in [0.2, 0.25) is 0 Å². The second kappa shape index (κ2) is 7.24. The predicted octanol–water partition coefficient (Wildman–Crippen LogP) is 3.14. The Morgan fingerprint density at radius 3 is 2.58 bits per heavy atom. The molecule has 0 saturated heterocycles. The fourth-order valence-electron chi connectivity index (χ4n) is 2.08. The third kappa shape index (κ3) is 4.03. The Hall–Kier alpha value is -1.42. The molecule has 1 aromatic rings. The minimum absolute atomic E-state index is 0.536. The average molecular weight is 265 g/mol. The highest BCUT2D eigenvalue weighted by molar-refractivity contribution is 5.58. The van der Waals surface area contributed by atoms with Crippen LogP contribution >= 0.6 is 0 Å². The summed E-state index contributed by atoms with van der Waals surface area (Å²) >= 11 is 0. The molecular weight excluding hydrogens is 242 g/mol. The summed E-state index contributed by atoms with van der Waals surface area (Å²) in [5.41, 5.74) is 7.67. The molecular formula is C15H23NO3. The quantitative estimate of drug-likeness (QED) is 0.608. The van der Waals surface area contributed by atoms with E-state index in [0.29, 0.717) is 25.5 Å². The summed E-state index contributed by atoms with van der Waals surface area (Å²) in [7, 11) is 0. The largest absolute Gasteiger partial charge is 0.486 e. The van der Waals surface area contributed by atoms with Crippen molar-refractivity contribution in [3.63, 3.8) is 0 Å². The molecule has 2 rings (SSSR count). The van der Waals surface area contributed by atoms with E-state index in [0.717, 1.165) is 30.1 Å². The average Bonchev–Trinajstić information content (AvgIpc) is 2.43. The van der Waals surface area contributed by atoms with E-state index in [9.17, 15) is 0 Å². The van der Waals surface area contributed by atoms with Crippen LogP contribution < -0.4 is 15.2 Å². The van der Waals surface area contributed by atoms with Gasteiger partial charge in [0.05, 0.1) is 6.61 Å². The Bertz CT molecular complexity index is 407. The zero-order valence-electron chi connectivity index (χ0n) is 11.6. The van der Waals surface area contributed by atoms with E-state index >= 15 is 0 Å². The van der Waals surface area contributed by atoms with Crippen LogP contribution in [0.1, 0.15) is 38.2 Å². The van der Waals surface area contributed by atoms with Crippen LogP contribution in [0.15, 0.2) is 12.1 Å². The summed E-state index contributed by atoms with van der Waals surface area (Å²) in [6.07, 6.45) is 4.86. The predicted molar refractivity (Wildman–Crippen MR) is 75.6 cm³/mol. The summed E-state index contributed by atoms with van der Waals surface area (Å²) in [5, 5.41) is 0. The molecule has 0 unspecified atom stereocenters. The maximum atomic E-state index is 5.99. The highest BCUT2D eigenvalue weighted by atomic mass is 16.6. The van der Waals surface area contributed by atoms with Gasteiger partial charge in [-0.25, -0.2) is 0 Å². The Morgan fingerprint density at radius 2 is 1.84 bits per heavy atom. The number of hydrogen-bond donors (Lipinski definition) is 1. The third-order valence-corrected chi connectivity index (χ3v) is 3.20. The molecule has 4 nitrogen and oxygen atoms in total. The Labute approximate surface area is 114 Å². The lowest BCUT2D eigenvalue weighted by Crippen LogP contribution is -2.16. The van der Waals surface area contributed by atoms with Gasteiger partial charge in [-0.2, -0.15) is 0 Å². The van der Waals surface area contributed by atoms with Crippen LogP contribution in [0.5, 0.6) is 11.5 Å². The smallest absolute Gasteiger partial charge is 0.163 e. The number of fused-ring (bicyclic) bond motifs is 1. The molecule has 0 saturated carbocycles. The highest BCUT2D eigenvalue weighted by Crippen LogP contribution is 2.34. The van der Waals surface area contributed by atoms with Gasteiger partial charge in [0.2, 0.25) is 0 Å². The zero-order chi connectivity index (χ0) is 13.5. The monoisotopic (exact) mass is 265 g/mol. The maximum absolute atomic E-state index is 5.99.